The number of allylic oxidation sites excluding steroid dienone is 8. The Balaban J connectivity index is -0.000000181. The van der Waals surface area contributed by atoms with Crippen LogP contribution >= 0.6 is 0 Å². The second-order valence-electron chi connectivity index (χ2n) is 5.18. The molecule has 1 radical (unpaired) electrons. The Morgan fingerprint density at radius 3 is 1.18 bits per heavy atom. The van der Waals surface area contributed by atoms with E-state index in [1.807, 2.05) is 48.6 Å². The topological polar surface area (TPSA) is 6.48 Å². The predicted octanol–water partition coefficient (Wildman–Crippen LogP) is -1.78. The van der Waals surface area contributed by atoms with Crippen molar-refractivity contribution >= 4 is 9.84 Å². The maximum absolute atomic E-state index is 3.76. The minimum absolute atomic E-state index is 0. The van der Waals surface area contributed by atoms with Crippen LogP contribution in [0.3, 0.4) is 0 Å². The molecule has 0 heterocycles. The van der Waals surface area contributed by atoms with Crippen LogP contribution < -0.4 is 24.8 Å². The molecule has 0 saturated carbocycles. The van der Waals surface area contributed by atoms with Crippen molar-refractivity contribution < 1.29 is 50.7 Å². The van der Waals surface area contributed by atoms with Crippen LogP contribution in [-0.2, 0) is 25.8 Å². The number of halogens is 2. The van der Waals surface area contributed by atoms with Gasteiger partial charge in [0.1, 0.15) is 0 Å². The summed E-state index contributed by atoms with van der Waals surface area (Å²) < 4.78 is 4.68. The molecule has 2 aliphatic carbocycles. The molecule has 0 fully saturated rings. The molecule has 2 rings (SSSR count). The summed E-state index contributed by atoms with van der Waals surface area (Å²) in [7, 11) is 0.100. The summed E-state index contributed by atoms with van der Waals surface area (Å²) in [6.45, 7) is 18.7. The van der Waals surface area contributed by atoms with Crippen LogP contribution in [0.1, 0.15) is 12.8 Å². The van der Waals surface area contributed by atoms with Crippen LogP contribution in [0.15, 0.2) is 87.1 Å². The monoisotopic (exact) mass is 601 g/mol. The second kappa shape index (κ2) is 28.7. The third-order valence-electron chi connectivity index (χ3n) is 2.95. The number of nitrogens with zero attached hydrogens (tertiary/aromatic N) is 2. The van der Waals surface area contributed by atoms with E-state index in [1.54, 1.807) is 0 Å². The Bertz CT molecular complexity index is 419. The summed E-state index contributed by atoms with van der Waals surface area (Å²) in [6.07, 6.45) is 27.7. The van der Waals surface area contributed by atoms with Gasteiger partial charge in [-0.05, 0) is 0 Å². The van der Waals surface area contributed by atoms with Gasteiger partial charge in [-0.25, -0.2) is 24.3 Å². The van der Waals surface area contributed by atoms with Gasteiger partial charge in [-0.3, -0.25) is 12.2 Å². The first-order chi connectivity index (χ1) is 12.3. The fourth-order valence-electron chi connectivity index (χ4n) is 1.91. The summed E-state index contributed by atoms with van der Waals surface area (Å²) in [5.41, 5.74) is 0. The molecule has 0 spiro atoms. The molecule has 2 nitrogen and oxygen atoms in total. The van der Waals surface area contributed by atoms with Crippen LogP contribution in [0.25, 0.3) is 0 Å². The van der Waals surface area contributed by atoms with E-state index in [2.05, 4.69) is 59.8 Å². The van der Waals surface area contributed by atoms with E-state index >= 15 is 0 Å². The van der Waals surface area contributed by atoms with Gasteiger partial charge in [-0.1, -0.05) is 24.3 Å². The molecule has 0 aliphatic heterocycles. The normalized spacial score (nSPS) is 11.8. The van der Waals surface area contributed by atoms with Crippen molar-refractivity contribution in [1.82, 2.24) is 9.13 Å². The molecule has 2 aliphatic rings. The fraction of sp³-hybridized carbons (Fsp3) is 0.273. The van der Waals surface area contributed by atoms with Gasteiger partial charge in [0.05, 0.1) is 0 Å². The molecule has 0 atom stereocenters. The van der Waals surface area contributed by atoms with E-state index in [9.17, 15) is 0 Å². The van der Waals surface area contributed by atoms with Crippen molar-refractivity contribution in [3.63, 3.8) is 0 Å². The maximum atomic E-state index is 3.76. The van der Waals surface area contributed by atoms with Gasteiger partial charge < -0.3 is 33.9 Å². The minimum Gasteiger partial charge on any atom is -1.00 e. The number of rotatable bonds is 10. The first-order valence-electron chi connectivity index (χ1n) is 8.48. The third kappa shape index (κ3) is 23.5. The van der Waals surface area contributed by atoms with E-state index in [0.29, 0.717) is 0 Å². The van der Waals surface area contributed by atoms with Crippen LogP contribution in [-0.4, -0.2) is 45.2 Å². The Labute approximate surface area is 206 Å². The SMILES string of the molecule is C=CCN(CC=C)[SiH]N(CC=C)CC=C.[C-]1=CC=CC1.[C-]1=CC=CC1.[Cl-].[Cl-].[Hf+4]. The zero-order chi connectivity index (χ0) is 18.6. The molecule has 0 N–H and O–H groups in total. The third-order valence-corrected chi connectivity index (χ3v) is 4.45. The molecule has 28 heavy (non-hydrogen) atoms. The van der Waals surface area contributed by atoms with E-state index < -0.39 is 0 Å². The van der Waals surface area contributed by atoms with Crippen molar-refractivity contribution in [2.24, 2.45) is 0 Å². The first kappa shape index (κ1) is 35.0. The summed E-state index contributed by atoms with van der Waals surface area (Å²) >= 11 is 0. The predicted molar refractivity (Wildman–Crippen MR) is 114 cm³/mol. The average Bonchev–Trinajstić information content (AvgIpc) is 3.34. The van der Waals surface area contributed by atoms with Gasteiger partial charge in [0, 0.05) is 26.2 Å². The average molecular weight is 601 g/mol. The van der Waals surface area contributed by atoms with Gasteiger partial charge >= 0.3 is 25.8 Å². The molecule has 0 saturated heterocycles. The van der Waals surface area contributed by atoms with E-state index in [4.69, 9.17) is 0 Å². The molecule has 0 amide bonds. The van der Waals surface area contributed by atoms with Crippen LogP contribution in [0, 0.1) is 12.2 Å². The maximum Gasteiger partial charge on any atom is 4.00 e. The molecule has 0 bridgehead atoms. The van der Waals surface area contributed by atoms with Crippen molar-refractivity contribution in [2.45, 2.75) is 12.8 Å². The van der Waals surface area contributed by atoms with Gasteiger partial charge in [0.15, 0.2) is 0 Å². The molecular weight excluding hydrogens is 570 g/mol. The molecule has 6 heteroatoms. The molecule has 151 valence electrons. The smallest absolute Gasteiger partial charge is 1.00 e. The van der Waals surface area contributed by atoms with Crippen LogP contribution in [0.4, 0.5) is 0 Å². The van der Waals surface area contributed by atoms with Gasteiger partial charge in [-0.2, -0.15) is 12.2 Å². The zero-order valence-electron chi connectivity index (χ0n) is 16.6. The number of hydrogen-bond acceptors (Lipinski definition) is 2. The Morgan fingerprint density at radius 2 is 1.04 bits per heavy atom. The summed E-state index contributed by atoms with van der Waals surface area (Å²) in [5, 5.41) is 0. The molecule has 0 unspecified atom stereocenters. The van der Waals surface area contributed by atoms with Gasteiger partial charge in [0.2, 0.25) is 9.84 Å². The molecule has 0 aromatic heterocycles. The van der Waals surface area contributed by atoms with Gasteiger partial charge in [-0.15, -0.1) is 39.2 Å². The zero-order valence-corrected chi connectivity index (χ0v) is 22.8. The minimum atomic E-state index is 0. The van der Waals surface area contributed by atoms with Crippen LogP contribution in [0.5, 0.6) is 0 Å². The Kier molecular flexibility index (Phi) is 35.9. The molecular formula is C22H31Cl2HfN2Si. The van der Waals surface area contributed by atoms with Crippen molar-refractivity contribution in [3.8, 4) is 0 Å². The Hall–Kier alpha value is -0.493. The van der Waals surface area contributed by atoms with E-state index in [1.165, 1.54) is 0 Å². The Morgan fingerprint density at radius 1 is 0.714 bits per heavy atom. The van der Waals surface area contributed by atoms with Crippen molar-refractivity contribution in [2.75, 3.05) is 26.2 Å². The largest absolute Gasteiger partial charge is 4.00 e. The fourth-order valence-corrected chi connectivity index (χ4v) is 3.35. The molecule has 0 aromatic rings. The van der Waals surface area contributed by atoms with Gasteiger partial charge in [0.25, 0.3) is 0 Å². The van der Waals surface area contributed by atoms with Crippen LogP contribution in [0.2, 0.25) is 0 Å². The number of hydrogen-bond donors (Lipinski definition) is 0. The second-order valence-corrected chi connectivity index (χ2v) is 6.88. The summed E-state index contributed by atoms with van der Waals surface area (Å²) in [6, 6.07) is 0. The van der Waals surface area contributed by atoms with Crippen molar-refractivity contribution in [1.29, 1.82) is 0 Å². The first-order valence-corrected chi connectivity index (χ1v) is 9.51. The summed E-state index contributed by atoms with van der Waals surface area (Å²) in [5.74, 6) is 0. The quantitative estimate of drug-likeness (QED) is 0.166. The standard InChI is InChI=1S/C12H21N2Si.2C5H5.2ClH.Hf/c1-5-9-13(10-6-2)15-14(11-7-3)12-8-4;2*1-2-4-5-3-1;;;/h5-8,15H,1-4,9-12H2;2*1-3H,4H2;2*1H;/q;2*-1;;;+4/p-2. The summed E-state index contributed by atoms with van der Waals surface area (Å²) in [4.78, 5) is 0. The van der Waals surface area contributed by atoms with Crippen molar-refractivity contribution in [3.05, 3.63) is 99.2 Å². The van der Waals surface area contributed by atoms with E-state index in [0.717, 1.165) is 39.0 Å². The molecule has 0 aromatic carbocycles. The van der Waals surface area contributed by atoms with E-state index in [-0.39, 0.29) is 60.5 Å².